The zero-order chi connectivity index (χ0) is 23.4. The van der Waals surface area contributed by atoms with Crippen molar-refractivity contribution < 1.29 is 31.9 Å². The molecule has 0 unspecified atom stereocenters. The molecule has 4 rings (SSSR count). The minimum absolute atomic E-state index is 0.0210. The van der Waals surface area contributed by atoms with E-state index in [-0.39, 0.29) is 29.4 Å². The highest BCUT2D eigenvalue weighted by Gasteiger charge is 2.27. The van der Waals surface area contributed by atoms with E-state index in [1.54, 1.807) is 31.2 Å². The molecule has 9 heteroatoms. The summed E-state index contributed by atoms with van der Waals surface area (Å²) in [4.78, 5) is 25.1. The van der Waals surface area contributed by atoms with Gasteiger partial charge in [-0.05, 0) is 44.0 Å². The van der Waals surface area contributed by atoms with Gasteiger partial charge in [0, 0.05) is 18.5 Å². The quantitative estimate of drug-likeness (QED) is 0.477. The number of carbonyl (C=O) groups is 2. The smallest absolute Gasteiger partial charge is 0.374 e. The molecule has 1 aliphatic rings. The Kier molecular flexibility index (Phi) is 6.80. The molecule has 1 aromatic heterocycles. The lowest BCUT2D eigenvalue weighted by Gasteiger charge is -2.25. The number of hydrogen-bond donors (Lipinski definition) is 0. The highest BCUT2D eigenvalue weighted by Crippen LogP contribution is 2.28. The fraction of sp³-hybridized carbons (Fsp3) is 0.333. The second-order valence-electron chi connectivity index (χ2n) is 7.70. The third kappa shape index (κ3) is 4.79. The summed E-state index contributed by atoms with van der Waals surface area (Å²) in [5.74, 6) is -1.37. The van der Waals surface area contributed by atoms with Gasteiger partial charge in [-0.3, -0.25) is 0 Å². The Morgan fingerprint density at radius 3 is 2.48 bits per heavy atom. The first-order valence-electron chi connectivity index (χ1n) is 10.9. The van der Waals surface area contributed by atoms with Gasteiger partial charge in [-0.15, -0.1) is 0 Å². The molecule has 0 radical (unpaired) electrons. The van der Waals surface area contributed by atoms with Gasteiger partial charge in [0.25, 0.3) is 0 Å². The molecule has 0 saturated carbocycles. The third-order valence-corrected chi connectivity index (χ3v) is 7.42. The van der Waals surface area contributed by atoms with Crippen LogP contribution in [0.4, 0.5) is 0 Å². The molecular formula is C24H25NO7S. The summed E-state index contributed by atoms with van der Waals surface area (Å²) in [6.45, 7) is 2.58. The maximum Gasteiger partial charge on any atom is 0.374 e. The van der Waals surface area contributed by atoms with E-state index >= 15 is 0 Å². The minimum atomic E-state index is -3.68. The molecule has 0 spiro atoms. The zero-order valence-electron chi connectivity index (χ0n) is 18.3. The van der Waals surface area contributed by atoms with Gasteiger partial charge in [0.1, 0.15) is 12.2 Å². The fourth-order valence-corrected chi connectivity index (χ4v) is 5.43. The lowest BCUT2D eigenvalue weighted by molar-refractivity contribution is 0.0435. The van der Waals surface area contributed by atoms with Crippen LogP contribution in [0.5, 0.6) is 0 Å². The van der Waals surface area contributed by atoms with Crippen LogP contribution in [0.2, 0.25) is 0 Å². The molecule has 174 valence electrons. The summed E-state index contributed by atoms with van der Waals surface area (Å²) in [6.07, 6.45) is 2.65. The normalized spacial score (nSPS) is 14.8. The van der Waals surface area contributed by atoms with Gasteiger partial charge in [0.05, 0.1) is 22.6 Å². The summed E-state index contributed by atoms with van der Waals surface area (Å²) in [5.41, 5.74) is 0.981. The largest absolute Gasteiger partial charge is 0.460 e. The van der Waals surface area contributed by atoms with Crippen LogP contribution in [0.15, 0.2) is 57.8 Å². The van der Waals surface area contributed by atoms with Crippen LogP contribution < -0.4 is 0 Å². The Labute approximate surface area is 192 Å². The lowest BCUT2D eigenvalue weighted by atomic mass is 10.1. The van der Waals surface area contributed by atoms with Crippen molar-refractivity contribution >= 4 is 32.9 Å². The summed E-state index contributed by atoms with van der Waals surface area (Å²) >= 11 is 0. The number of nitrogens with zero attached hydrogens (tertiary/aromatic N) is 1. The van der Waals surface area contributed by atoms with E-state index in [0.717, 1.165) is 19.3 Å². The van der Waals surface area contributed by atoms with Crippen molar-refractivity contribution in [1.82, 2.24) is 4.31 Å². The van der Waals surface area contributed by atoms with Crippen molar-refractivity contribution in [3.8, 4) is 0 Å². The van der Waals surface area contributed by atoms with Crippen molar-refractivity contribution in [2.45, 2.75) is 37.7 Å². The molecule has 0 aliphatic carbocycles. The molecule has 8 nitrogen and oxygen atoms in total. The van der Waals surface area contributed by atoms with Gasteiger partial charge in [0.2, 0.25) is 15.8 Å². The Morgan fingerprint density at radius 2 is 1.73 bits per heavy atom. The summed E-state index contributed by atoms with van der Waals surface area (Å²) in [6, 6.07) is 12.8. The molecule has 1 fully saturated rings. The standard InChI is InChI=1S/C24H25NO7S/c1-2-30-24(27)22-20(19-11-4-5-12-21(19)32-22)16-31-23(26)17-9-8-10-18(15-17)33(28,29)25-13-6-3-7-14-25/h4-5,8-12,15H,2-3,6-7,13-14,16H2,1H3. The van der Waals surface area contributed by atoms with Crippen molar-refractivity contribution in [3.63, 3.8) is 0 Å². The van der Waals surface area contributed by atoms with Crippen LogP contribution in [-0.2, 0) is 26.1 Å². The third-order valence-electron chi connectivity index (χ3n) is 5.53. The number of piperidine rings is 1. The van der Waals surface area contributed by atoms with Crippen LogP contribution in [0.1, 0.15) is 52.7 Å². The predicted molar refractivity (Wildman–Crippen MR) is 120 cm³/mol. The number of sulfonamides is 1. The number of carbonyl (C=O) groups excluding carboxylic acids is 2. The molecule has 0 atom stereocenters. The van der Waals surface area contributed by atoms with Crippen LogP contribution in [0, 0.1) is 0 Å². The molecular weight excluding hydrogens is 446 g/mol. The highest BCUT2D eigenvalue weighted by atomic mass is 32.2. The van der Waals surface area contributed by atoms with Crippen LogP contribution in [0.3, 0.4) is 0 Å². The van der Waals surface area contributed by atoms with Gasteiger partial charge in [-0.25, -0.2) is 18.0 Å². The molecule has 0 bridgehead atoms. The topological polar surface area (TPSA) is 103 Å². The summed E-state index contributed by atoms with van der Waals surface area (Å²) in [5, 5.41) is 0.634. The number of hydrogen-bond acceptors (Lipinski definition) is 7. The summed E-state index contributed by atoms with van der Waals surface area (Å²) < 4.78 is 43.5. The number of benzene rings is 2. The number of esters is 2. The van der Waals surface area contributed by atoms with Crippen molar-refractivity contribution in [2.75, 3.05) is 19.7 Å². The molecule has 2 aromatic carbocycles. The maximum atomic E-state index is 12.9. The molecule has 33 heavy (non-hydrogen) atoms. The Hall–Kier alpha value is -3.17. The Balaban J connectivity index is 1.55. The SMILES string of the molecule is CCOC(=O)c1oc2ccccc2c1COC(=O)c1cccc(S(=O)(=O)N2CCCCC2)c1. The average molecular weight is 472 g/mol. The fourth-order valence-electron chi connectivity index (χ4n) is 3.86. The second-order valence-corrected chi connectivity index (χ2v) is 9.63. The Morgan fingerprint density at radius 1 is 0.970 bits per heavy atom. The number of rotatable bonds is 7. The molecule has 0 amide bonds. The first-order chi connectivity index (χ1) is 15.9. The first-order valence-corrected chi connectivity index (χ1v) is 12.3. The number of para-hydroxylation sites is 1. The predicted octanol–water partition coefficient (Wildman–Crippen LogP) is 4.14. The van der Waals surface area contributed by atoms with Crippen LogP contribution >= 0.6 is 0 Å². The van der Waals surface area contributed by atoms with Gasteiger partial charge in [-0.1, -0.05) is 30.7 Å². The maximum absolute atomic E-state index is 12.9. The zero-order valence-corrected chi connectivity index (χ0v) is 19.1. The van der Waals surface area contributed by atoms with E-state index in [9.17, 15) is 18.0 Å². The summed E-state index contributed by atoms with van der Waals surface area (Å²) in [7, 11) is -3.68. The Bertz CT molecular complexity index is 1270. The monoisotopic (exact) mass is 471 g/mol. The van der Waals surface area contributed by atoms with E-state index in [1.807, 2.05) is 0 Å². The molecule has 0 N–H and O–H groups in total. The lowest BCUT2D eigenvalue weighted by Crippen LogP contribution is -2.35. The van der Waals surface area contributed by atoms with Crippen LogP contribution in [0.25, 0.3) is 11.0 Å². The second kappa shape index (κ2) is 9.76. The molecule has 2 heterocycles. The van der Waals surface area contributed by atoms with Crippen LogP contribution in [-0.4, -0.2) is 44.4 Å². The van der Waals surface area contributed by atoms with Gasteiger partial charge in [0.15, 0.2) is 0 Å². The number of furan rings is 1. The van der Waals surface area contributed by atoms with Crippen molar-refractivity contribution in [3.05, 3.63) is 65.4 Å². The molecule has 3 aromatic rings. The van der Waals surface area contributed by atoms with Gasteiger partial charge >= 0.3 is 11.9 Å². The van der Waals surface area contributed by atoms with E-state index in [4.69, 9.17) is 13.9 Å². The van der Waals surface area contributed by atoms with E-state index < -0.39 is 22.0 Å². The molecule has 1 saturated heterocycles. The van der Waals surface area contributed by atoms with Crippen molar-refractivity contribution in [2.24, 2.45) is 0 Å². The van der Waals surface area contributed by atoms with Gasteiger partial charge < -0.3 is 13.9 Å². The van der Waals surface area contributed by atoms with Gasteiger partial charge in [-0.2, -0.15) is 4.31 Å². The number of ether oxygens (including phenoxy) is 2. The minimum Gasteiger partial charge on any atom is -0.460 e. The van der Waals surface area contributed by atoms with E-state index in [0.29, 0.717) is 29.6 Å². The highest BCUT2D eigenvalue weighted by molar-refractivity contribution is 7.89. The van der Waals surface area contributed by atoms with E-state index in [1.165, 1.54) is 28.6 Å². The first kappa shape index (κ1) is 23.0. The molecule has 1 aliphatic heterocycles. The van der Waals surface area contributed by atoms with Crippen molar-refractivity contribution in [1.29, 1.82) is 0 Å². The number of fused-ring (bicyclic) bond motifs is 1. The van der Waals surface area contributed by atoms with E-state index in [2.05, 4.69) is 0 Å². The average Bonchev–Trinajstić information content (AvgIpc) is 3.22.